The van der Waals surface area contributed by atoms with Crippen LogP contribution in [0.5, 0.6) is 0 Å². The molecule has 0 saturated carbocycles. The lowest BCUT2D eigenvalue weighted by Crippen LogP contribution is -2.40. The van der Waals surface area contributed by atoms with Crippen LogP contribution in [0.3, 0.4) is 0 Å². The van der Waals surface area contributed by atoms with Gasteiger partial charge in [-0.3, -0.25) is 4.79 Å². The Kier molecular flexibility index (Phi) is 7.35. The maximum absolute atomic E-state index is 11.5. The molecule has 1 amide bonds. The van der Waals surface area contributed by atoms with Gasteiger partial charge in [-0.25, -0.2) is 4.79 Å². The molecule has 0 aliphatic rings. The van der Waals surface area contributed by atoms with E-state index >= 15 is 0 Å². The van der Waals surface area contributed by atoms with E-state index in [4.69, 9.17) is 15.6 Å². The molecule has 0 rings (SSSR count). The number of carbonyl (C=O) groups is 2. The van der Waals surface area contributed by atoms with Crippen molar-refractivity contribution in [2.75, 3.05) is 6.54 Å². The summed E-state index contributed by atoms with van der Waals surface area (Å²) in [7, 11) is 0. The van der Waals surface area contributed by atoms with Crippen LogP contribution >= 0.6 is 0 Å². The number of ether oxygens (including phenoxy) is 1. The molecule has 0 radical (unpaired) electrons. The molecule has 0 aromatic heterocycles. The number of carbonyl (C=O) groups excluding carboxylic acids is 1. The van der Waals surface area contributed by atoms with Gasteiger partial charge in [-0.1, -0.05) is 6.42 Å². The molecule has 6 heteroatoms. The lowest BCUT2D eigenvalue weighted by molar-refractivity contribution is -0.137. The highest BCUT2D eigenvalue weighted by atomic mass is 16.6. The Balaban J connectivity index is 4.21. The first kappa shape index (κ1) is 16.7. The van der Waals surface area contributed by atoms with E-state index in [1.807, 2.05) is 0 Å². The number of amides is 1. The van der Waals surface area contributed by atoms with Gasteiger partial charge in [-0.05, 0) is 40.2 Å². The van der Waals surface area contributed by atoms with Crippen molar-refractivity contribution in [1.82, 2.24) is 5.32 Å². The number of hydrogen-bond donors (Lipinski definition) is 3. The first-order chi connectivity index (χ1) is 8.24. The summed E-state index contributed by atoms with van der Waals surface area (Å²) in [6, 6.07) is -0.413. The van der Waals surface area contributed by atoms with E-state index in [9.17, 15) is 9.59 Å². The van der Waals surface area contributed by atoms with Crippen molar-refractivity contribution < 1.29 is 19.4 Å². The van der Waals surface area contributed by atoms with Gasteiger partial charge in [-0.15, -0.1) is 0 Å². The quantitative estimate of drug-likeness (QED) is 0.602. The molecule has 4 N–H and O–H groups in total. The predicted molar refractivity (Wildman–Crippen MR) is 68.3 cm³/mol. The summed E-state index contributed by atoms with van der Waals surface area (Å²) < 4.78 is 5.09. The average molecular weight is 260 g/mol. The molecule has 1 atom stereocenters. The molecular weight excluding hydrogens is 236 g/mol. The van der Waals surface area contributed by atoms with E-state index in [0.717, 1.165) is 12.8 Å². The molecule has 0 unspecified atom stereocenters. The Morgan fingerprint density at radius 2 is 1.94 bits per heavy atom. The van der Waals surface area contributed by atoms with Crippen molar-refractivity contribution in [3.05, 3.63) is 0 Å². The monoisotopic (exact) mass is 260 g/mol. The van der Waals surface area contributed by atoms with E-state index in [2.05, 4.69) is 5.32 Å². The maximum Gasteiger partial charge on any atom is 0.407 e. The summed E-state index contributed by atoms with van der Waals surface area (Å²) >= 11 is 0. The molecule has 0 saturated heterocycles. The minimum absolute atomic E-state index is 0.107. The molecule has 0 heterocycles. The van der Waals surface area contributed by atoms with Crippen LogP contribution in [-0.2, 0) is 9.53 Å². The van der Waals surface area contributed by atoms with Crippen LogP contribution in [0.1, 0.15) is 46.5 Å². The number of unbranched alkanes of at least 4 members (excludes halogenated alkanes) is 1. The Labute approximate surface area is 108 Å². The first-order valence-electron chi connectivity index (χ1n) is 6.16. The Bertz CT molecular complexity index is 274. The van der Waals surface area contributed by atoms with E-state index in [1.54, 1.807) is 20.8 Å². The molecule has 106 valence electrons. The third-order valence-corrected chi connectivity index (χ3v) is 2.15. The number of hydrogen-bond acceptors (Lipinski definition) is 4. The lowest BCUT2D eigenvalue weighted by Gasteiger charge is -2.23. The minimum Gasteiger partial charge on any atom is -0.481 e. The number of aliphatic carboxylic acids is 1. The molecule has 18 heavy (non-hydrogen) atoms. The number of nitrogens with two attached hydrogens (primary N) is 1. The Morgan fingerprint density at radius 1 is 1.33 bits per heavy atom. The zero-order valence-electron chi connectivity index (χ0n) is 11.4. The fraction of sp³-hybridized carbons (Fsp3) is 0.833. The highest BCUT2D eigenvalue weighted by molar-refractivity contribution is 5.71. The average Bonchev–Trinajstić information content (AvgIpc) is 2.13. The normalized spacial score (nSPS) is 12.9. The topological polar surface area (TPSA) is 102 Å². The zero-order valence-corrected chi connectivity index (χ0v) is 11.4. The van der Waals surface area contributed by atoms with Gasteiger partial charge in [-0.2, -0.15) is 0 Å². The number of nitrogens with one attached hydrogen (secondary N) is 1. The summed E-state index contributed by atoms with van der Waals surface area (Å²) in [5.74, 6) is -0.941. The molecular formula is C12H24N2O4. The molecule has 0 aromatic rings. The second-order valence-corrected chi connectivity index (χ2v) is 5.23. The summed E-state index contributed by atoms with van der Waals surface area (Å²) in [5.41, 5.74) is 4.78. The van der Waals surface area contributed by atoms with Crippen LogP contribution in [0.15, 0.2) is 0 Å². The van der Waals surface area contributed by atoms with Crippen molar-refractivity contribution in [2.24, 2.45) is 5.73 Å². The van der Waals surface area contributed by atoms with Gasteiger partial charge in [0.2, 0.25) is 0 Å². The number of rotatable bonds is 7. The fourth-order valence-electron chi connectivity index (χ4n) is 1.45. The largest absolute Gasteiger partial charge is 0.481 e. The van der Waals surface area contributed by atoms with Crippen molar-refractivity contribution in [2.45, 2.75) is 58.1 Å². The third-order valence-electron chi connectivity index (χ3n) is 2.15. The van der Waals surface area contributed by atoms with E-state index in [0.29, 0.717) is 13.0 Å². The van der Waals surface area contributed by atoms with Crippen molar-refractivity contribution in [1.29, 1.82) is 0 Å². The highest BCUT2D eigenvalue weighted by Gasteiger charge is 2.20. The molecule has 0 aliphatic carbocycles. The Morgan fingerprint density at radius 3 is 2.39 bits per heavy atom. The van der Waals surface area contributed by atoms with Crippen LogP contribution in [0.4, 0.5) is 4.79 Å². The molecule has 0 fully saturated rings. The van der Waals surface area contributed by atoms with Gasteiger partial charge in [0, 0.05) is 6.04 Å². The second kappa shape index (κ2) is 7.92. The van der Waals surface area contributed by atoms with Gasteiger partial charge < -0.3 is 20.9 Å². The summed E-state index contributed by atoms with van der Waals surface area (Å²) in [5, 5.41) is 11.4. The number of carboxylic acids is 1. The smallest absolute Gasteiger partial charge is 0.407 e. The third kappa shape index (κ3) is 9.89. The van der Waals surface area contributed by atoms with Gasteiger partial charge in [0.15, 0.2) is 0 Å². The Hall–Kier alpha value is -1.30. The first-order valence-corrected chi connectivity index (χ1v) is 6.16. The second-order valence-electron chi connectivity index (χ2n) is 5.23. The van der Waals surface area contributed by atoms with Crippen LogP contribution in [0, 0.1) is 0 Å². The standard InChI is InChI=1S/C12H24N2O4/c1-12(2,3)18-11(17)14-9(8-10(15)16)6-4-5-7-13/h9H,4-8,13H2,1-3H3,(H,14,17)(H,15,16)/t9-/m0/s1. The predicted octanol–water partition coefficient (Wildman–Crippen LogP) is 1.48. The maximum atomic E-state index is 11.5. The van der Waals surface area contributed by atoms with Crippen molar-refractivity contribution in [3.63, 3.8) is 0 Å². The molecule has 0 aromatic carbocycles. The van der Waals surface area contributed by atoms with E-state index in [-0.39, 0.29) is 6.42 Å². The van der Waals surface area contributed by atoms with Gasteiger partial charge in [0.25, 0.3) is 0 Å². The number of carboxylic acid groups (broad SMARTS) is 1. The lowest BCUT2D eigenvalue weighted by atomic mass is 10.1. The van der Waals surface area contributed by atoms with Crippen molar-refractivity contribution >= 4 is 12.1 Å². The molecule has 0 bridgehead atoms. The SMILES string of the molecule is CC(C)(C)OC(=O)N[C@@H](CCCCN)CC(=O)O. The number of alkyl carbamates (subject to hydrolysis) is 1. The van der Waals surface area contributed by atoms with Crippen molar-refractivity contribution in [3.8, 4) is 0 Å². The van der Waals surface area contributed by atoms with Crippen LogP contribution in [0.25, 0.3) is 0 Å². The van der Waals surface area contributed by atoms with Gasteiger partial charge >= 0.3 is 12.1 Å². The van der Waals surface area contributed by atoms with Crippen LogP contribution in [0.2, 0.25) is 0 Å². The summed E-state index contributed by atoms with van der Waals surface area (Å²) in [4.78, 5) is 22.2. The van der Waals surface area contributed by atoms with E-state index < -0.39 is 23.7 Å². The zero-order chi connectivity index (χ0) is 14.2. The highest BCUT2D eigenvalue weighted by Crippen LogP contribution is 2.09. The van der Waals surface area contributed by atoms with Gasteiger partial charge in [0.1, 0.15) is 5.60 Å². The van der Waals surface area contributed by atoms with Crippen LogP contribution in [-0.4, -0.2) is 35.4 Å². The van der Waals surface area contributed by atoms with Crippen LogP contribution < -0.4 is 11.1 Å². The molecule has 0 aliphatic heterocycles. The summed E-state index contributed by atoms with van der Waals surface area (Å²) in [6.07, 6.45) is 1.49. The van der Waals surface area contributed by atoms with Gasteiger partial charge in [0.05, 0.1) is 6.42 Å². The molecule has 0 spiro atoms. The fourth-order valence-corrected chi connectivity index (χ4v) is 1.45. The molecule has 6 nitrogen and oxygen atoms in total. The summed E-state index contributed by atoms with van der Waals surface area (Å²) in [6.45, 7) is 5.83. The minimum atomic E-state index is -0.941. The van der Waals surface area contributed by atoms with E-state index in [1.165, 1.54) is 0 Å².